The van der Waals surface area contributed by atoms with Gasteiger partial charge < -0.3 is 9.15 Å². The molecule has 3 aromatic heterocycles. The summed E-state index contributed by atoms with van der Waals surface area (Å²) >= 11 is 4.95. The highest BCUT2D eigenvalue weighted by Crippen LogP contribution is 2.30. The predicted molar refractivity (Wildman–Crippen MR) is 133 cm³/mol. The number of halogens is 1. The Labute approximate surface area is 201 Å². The number of fused-ring (bicyclic) bond motifs is 3. The van der Waals surface area contributed by atoms with Crippen molar-refractivity contribution >= 4 is 55.3 Å². The molecule has 0 N–H and O–H groups in total. The summed E-state index contributed by atoms with van der Waals surface area (Å²) in [5, 5.41) is 0. The topological polar surface area (TPSA) is 73.8 Å². The minimum atomic E-state index is -0.354. The van der Waals surface area contributed by atoms with Crippen molar-refractivity contribution in [3.63, 3.8) is 0 Å². The molecule has 8 heteroatoms. The second-order valence-electron chi connectivity index (χ2n) is 7.65. The molecule has 0 spiro atoms. The van der Waals surface area contributed by atoms with Gasteiger partial charge in [0.15, 0.2) is 4.96 Å². The Hall–Kier alpha value is -3.23. The minimum Gasteiger partial charge on any atom is -0.462 e. The van der Waals surface area contributed by atoms with Crippen molar-refractivity contribution in [2.75, 3.05) is 6.61 Å². The number of carbonyl (C=O) groups excluding carboxylic acids is 1. The molecule has 0 fully saturated rings. The standard InChI is InChI=1S/C25H19BrN2O4S/c1-4-31-24(30)16-7-5-15(6-8-16)19-10-9-17(32-19)12-20-23(29)28-18-11-13(2)14(3)21(26)22(18)27-25(28)33-20/h5-12H,4H2,1-3H3. The van der Waals surface area contributed by atoms with Gasteiger partial charge in [0.1, 0.15) is 21.6 Å². The van der Waals surface area contributed by atoms with Crippen molar-refractivity contribution in [2.24, 2.45) is 0 Å². The Kier molecular flexibility index (Phi) is 5.42. The molecule has 6 nitrogen and oxygen atoms in total. The molecule has 0 amide bonds. The van der Waals surface area contributed by atoms with Crippen LogP contribution in [0.2, 0.25) is 0 Å². The highest BCUT2D eigenvalue weighted by Gasteiger charge is 2.16. The fourth-order valence-corrected chi connectivity index (χ4v) is 5.24. The molecule has 0 aliphatic rings. The molecule has 0 bridgehead atoms. The van der Waals surface area contributed by atoms with Crippen molar-refractivity contribution in [3.8, 4) is 11.3 Å². The molecule has 0 radical (unpaired) electrons. The van der Waals surface area contributed by atoms with Gasteiger partial charge in [0, 0.05) is 16.1 Å². The molecule has 0 aliphatic heterocycles. The zero-order valence-corrected chi connectivity index (χ0v) is 20.5. The van der Waals surface area contributed by atoms with Gasteiger partial charge in [-0.2, -0.15) is 0 Å². The van der Waals surface area contributed by atoms with Crippen LogP contribution in [0, 0.1) is 13.8 Å². The summed E-state index contributed by atoms with van der Waals surface area (Å²) in [6, 6.07) is 12.7. The maximum atomic E-state index is 13.1. The molecule has 2 aromatic carbocycles. The van der Waals surface area contributed by atoms with Crippen LogP contribution in [0.5, 0.6) is 0 Å². The number of aryl methyl sites for hydroxylation is 1. The predicted octanol–water partition coefficient (Wildman–Crippen LogP) is 5.27. The molecule has 166 valence electrons. The van der Waals surface area contributed by atoms with Crippen LogP contribution in [0.15, 0.2) is 56.1 Å². The van der Waals surface area contributed by atoms with Gasteiger partial charge in [-0.25, -0.2) is 14.2 Å². The summed E-state index contributed by atoms with van der Waals surface area (Å²) in [4.78, 5) is 30.3. The maximum absolute atomic E-state index is 13.1. The van der Waals surface area contributed by atoms with Crippen LogP contribution in [-0.4, -0.2) is 22.0 Å². The Morgan fingerprint density at radius 1 is 1.21 bits per heavy atom. The van der Waals surface area contributed by atoms with Gasteiger partial charge in [0.25, 0.3) is 5.56 Å². The van der Waals surface area contributed by atoms with Crippen molar-refractivity contribution < 1.29 is 13.9 Å². The number of hydrogen-bond donors (Lipinski definition) is 0. The first-order valence-electron chi connectivity index (χ1n) is 10.4. The van der Waals surface area contributed by atoms with Crippen molar-refractivity contribution in [3.05, 3.63) is 84.3 Å². The van der Waals surface area contributed by atoms with Crippen molar-refractivity contribution in [2.45, 2.75) is 20.8 Å². The largest absolute Gasteiger partial charge is 0.462 e. The van der Waals surface area contributed by atoms with Crippen LogP contribution in [0.25, 0.3) is 33.4 Å². The lowest BCUT2D eigenvalue weighted by molar-refractivity contribution is 0.0526. The van der Waals surface area contributed by atoms with Crippen LogP contribution in [0.4, 0.5) is 0 Å². The summed E-state index contributed by atoms with van der Waals surface area (Å²) in [5.74, 6) is 0.859. The molecule has 0 atom stereocenters. The Balaban J connectivity index is 1.52. The smallest absolute Gasteiger partial charge is 0.338 e. The highest BCUT2D eigenvalue weighted by atomic mass is 79.9. The van der Waals surface area contributed by atoms with Crippen molar-refractivity contribution in [1.29, 1.82) is 0 Å². The zero-order chi connectivity index (χ0) is 23.3. The second-order valence-corrected chi connectivity index (χ2v) is 9.45. The molecule has 5 aromatic rings. The van der Waals surface area contributed by atoms with E-state index in [1.165, 1.54) is 11.3 Å². The lowest BCUT2D eigenvalue weighted by Gasteiger charge is -2.03. The van der Waals surface area contributed by atoms with E-state index >= 15 is 0 Å². The van der Waals surface area contributed by atoms with Gasteiger partial charge in [-0.15, -0.1) is 0 Å². The molecule has 0 unspecified atom stereocenters. The normalized spacial score (nSPS) is 12.2. The van der Waals surface area contributed by atoms with E-state index in [1.807, 2.05) is 32.0 Å². The number of benzene rings is 2. The molecule has 0 saturated carbocycles. The average Bonchev–Trinajstić information content (AvgIpc) is 3.49. The summed E-state index contributed by atoms with van der Waals surface area (Å²) in [7, 11) is 0. The molecule has 33 heavy (non-hydrogen) atoms. The monoisotopic (exact) mass is 522 g/mol. The van der Waals surface area contributed by atoms with E-state index in [-0.39, 0.29) is 11.5 Å². The molecule has 5 rings (SSSR count). The molecular formula is C25H19BrN2O4S. The van der Waals surface area contributed by atoms with E-state index < -0.39 is 0 Å². The Morgan fingerprint density at radius 2 is 1.97 bits per heavy atom. The van der Waals surface area contributed by atoms with E-state index in [9.17, 15) is 9.59 Å². The number of ether oxygens (including phenoxy) is 1. The minimum absolute atomic E-state index is 0.121. The molecular weight excluding hydrogens is 504 g/mol. The Bertz CT molecular complexity index is 1640. The van der Waals surface area contributed by atoms with Crippen LogP contribution in [0.1, 0.15) is 34.2 Å². The van der Waals surface area contributed by atoms with Gasteiger partial charge in [-0.3, -0.25) is 4.79 Å². The number of imidazole rings is 1. The van der Waals surface area contributed by atoms with Gasteiger partial charge in [-0.1, -0.05) is 23.5 Å². The lowest BCUT2D eigenvalue weighted by atomic mass is 10.1. The first-order chi connectivity index (χ1) is 15.9. The number of carbonyl (C=O) groups is 1. The number of esters is 1. The summed E-state index contributed by atoms with van der Waals surface area (Å²) in [6.45, 7) is 6.16. The summed E-state index contributed by atoms with van der Waals surface area (Å²) < 4.78 is 14.1. The van der Waals surface area contributed by atoms with Crippen molar-refractivity contribution in [1.82, 2.24) is 9.38 Å². The number of rotatable bonds is 4. The number of hydrogen-bond acceptors (Lipinski definition) is 6. The fraction of sp³-hybridized carbons (Fsp3) is 0.160. The Morgan fingerprint density at radius 3 is 2.70 bits per heavy atom. The van der Waals surface area contributed by atoms with E-state index in [0.29, 0.717) is 33.2 Å². The number of nitrogens with zero attached hydrogens (tertiary/aromatic N) is 2. The highest BCUT2D eigenvalue weighted by molar-refractivity contribution is 9.10. The average molecular weight is 523 g/mol. The third-order valence-corrected chi connectivity index (χ3v) is 7.50. The van der Waals surface area contributed by atoms with Crippen LogP contribution >= 0.6 is 27.3 Å². The van der Waals surface area contributed by atoms with Gasteiger partial charge in [0.2, 0.25) is 0 Å². The fourth-order valence-electron chi connectivity index (χ4n) is 3.68. The molecule has 0 saturated heterocycles. The quantitative estimate of drug-likeness (QED) is 0.300. The zero-order valence-electron chi connectivity index (χ0n) is 18.1. The van der Waals surface area contributed by atoms with E-state index in [1.54, 1.807) is 41.7 Å². The molecule has 0 aliphatic carbocycles. The molecule has 3 heterocycles. The van der Waals surface area contributed by atoms with Gasteiger partial charge >= 0.3 is 5.97 Å². The number of furan rings is 1. The van der Waals surface area contributed by atoms with Crippen LogP contribution in [0.3, 0.4) is 0 Å². The van der Waals surface area contributed by atoms with Gasteiger partial charge in [0.05, 0.1) is 17.7 Å². The van der Waals surface area contributed by atoms with E-state index in [4.69, 9.17) is 9.15 Å². The van der Waals surface area contributed by atoms with Gasteiger partial charge in [-0.05, 0) is 78.2 Å². The van der Waals surface area contributed by atoms with Crippen LogP contribution in [-0.2, 0) is 4.74 Å². The summed E-state index contributed by atoms with van der Waals surface area (Å²) in [5.41, 5.74) is 4.99. The first kappa shape index (κ1) is 21.6. The third kappa shape index (κ3) is 3.69. The number of aromatic nitrogens is 2. The van der Waals surface area contributed by atoms with E-state index in [2.05, 4.69) is 20.9 Å². The SMILES string of the molecule is CCOC(=O)c1ccc(-c2ccc(C=c3sc4nc5c(Br)c(C)c(C)cc5n4c3=O)o2)cc1. The third-order valence-electron chi connectivity index (χ3n) is 5.56. The maximum Gasteiger partial charge on any atom is 0.338 e. The second kappa shape index (κ2) is 8.28. The first-order valence-corrected chi connectivity index (χ1v) is 12.0. The van der Waals surface area contributed by atoms with E-state index in [0.717, 1.165) is 32.2 Å². The number of thiazole rings is 1. The van der Waals surface area contributed by atoms with Crippen LogP contribution < -0.4 is 10.1 Å². The lowest BCUT2D eigenvalue weighted by Crippen LogP contribution is -2.22. The summed E-state index contributed by atoms with van der Waals surface area (Å²) in [6.07, 6.45) is 1.74.